The Morgan fingerprint density at radius 1 is 0.969 bits per heavy atom. The zero-order chi connectivity index (χ0) is 23.1. The first-order valence-corrected chi connectivity index (χ1v) is 11.6. The number of hydrogen-bond donors (Lipinski definition) is 0. The number of benzene rings is 3. The maximum absolute atomic E-state index is 13.6. The molecule has 3 rings (SSSR count). The van der Waals surface area contributed by atoms with Gasteiger partial charge in [0.2, 0.25) is 0 Å². The summed E-state index contributed by atoms with van der Waals surface area (Å²) in [5.41, 5.74) is 0.790. The lowest BCUT2D eigenvalue weighted by Crippen LogP contribution is -2.32. The number of amides is 1. The number of anilines is 1. The number of sulfonamides is 1. The molecule has 0 aliphatic heterocycles. The summed E-state index contributed by atoms with van der Waals surface area (Å²) in [6.07, 6.45) is 0. The Morgan fingerprint density at radius 2 is 1.66 bits per heavy atom. The molecule has 8 heteroatoms. The van der Waals surface area contributed by atoms with Crippen LogP contribution in [-0.2, 0) is 10.0 Å². The highest BCUT2D eigenvalue weighted by Crippen LogP contribution is 2.24. The molecule has 0 saturated heterocycles. The minimum absolute atomic E-state index is 0.0325. The Bertz CT molecular complexity index is 1170. The molecular formula is C24H25FN2O4S. The Hall–Kier alpha value is -3.39. The highest BCUT2D eigenvalue weighted by Gasteiger charge is 2.25. The van der Waals surface area contributed by atoms with Crippen LogP contribution in [0.2, 0.25) is 0 Å². The van der Waals surface area contributed by atoms with E-state index < -0.39 is 15.8 Å². The third kappa shape index (κ3) is 5.26. The summed E-state index contributed by atoms with van der Waals surface area (Å²) in [6, 6.07) is 20.8. The highest BCUT2D eigenvalue weighted by atomic mass is 32.2. The van der Waals surface area contributed by atoms with Gasteiger partial charge in [0.15, 0.2) is 11.6 Å². The van der Waals surface area contributed by atoms with E-state index in [0.29, 0.717) is 5.69 Å². The summed E-state index contributed by atoms with van der Waals surface area (Å²) in [5, 5.41) is 0. The third-order valence-corrected chi connectivity index (χ3v) is 6.77. The molecule has 32 heavy (non-hydrogen) atoms. The standard InChI is InChI=1S/C24H25FN2O4S/c1-3-27(20-11-5-4-6-12-20)32(29,30)21-13-9-10-19(18-21)24(28)26(2)16-17-31-23-15-8-7-14-22(23)25/h4-15,18H,3,16-17H2,1-2H3. The molecule has 0 atom stereocenters. The molecule has 3 aromatic rings. The van der Waals surface area contributed by atoms with Crippen molar-refractivity contribution in [3.63, 3.8) is 0 Å². The van der Waals surface area contributed by atoms with Crippen LogP contribution in [0.25, 0.3) is 0 Å². The van der Waals surface area contributed by atoms with Gasteiger partial charge in [0.25, 0.3) is 15.9 Å². The second-order valence-electron chi connectivity index (χ2n) is 7.04. The van der Waals surface area contributed by atoms with E-state index in [-0.39, 0.29) is 41.8 Å². The van der Waals surface area contributed by atoms with Crippen LogP contribution in [0.15, 0.2) is 83.8 Å². The summed E-state index contributed by atoms with van der Waals surface area (Å²) >= 11 is 0. The number of ether oxygens (including phenoxy) is 1. The smallest absolute Gasteiger partial charge is 0.264 e. The zero-order valence-corrected chi connectivity index (χ0v) is 18.8. The largest absolute Gasteiger partial charge is 0.489 e. The van der Waals surface area contributed by atoms with Gasteiger partial charge in [-0.15, -0.1) is 0 Å². The van der Waals surface area contributed by atoms with Crippen molar-refractivity contribution in [2.45, 2.75) is 11.8 Å². The van der Waals surface area contributed by atoms with E-state index in [4.69, 9.17) is 4.74 Å². The lowest BCUT2D eigenvalue weighted by atomic mass is 10.2. The third-order valence-electron chi connectivity index (χ3n) is 4.87. The van der Waals surface area contributed by atoms with Crippen molar-refractivity contribution in [1.82, 2.24) is 4.90 Å². The second-order valence-corrected chi connectivity index (χ2v) is 8.90. The van der Waals surface area contributed by atoms with Crippen molar-refractivity contribution in [1.29, 1.82) is 0 Å². The molecular weight excluding hydrogens is 431 g/mol. The topological polar surface area (TPSA) is 66.9 Å². The molecule has 0 radical (unpaired) electrons. The van der Waals surface area contributed by atoms with Crippen LogP contribution in [-0.4, -0.2) is 46.0 Å². The number of hydrogen-bond acceptors (Lipinski definition) is 4. The highest BCUT2D eigenvalue weighted by molar-refractivity contribution is 7.92. The van der Waals surface area contributed by atoms with E-state index in [2.05, 4.69) is 0 Å². The van der Waals surface area contributed by atoms with Crippen molar-refractivity contribution in [3.8, 4) is 5.75 Å². The normalized spacial score (nSPS) is 11.1. The van der Waals surface area contributed by atoms with Gasteiger partial charge in [-0.25, -0.2) is 12.8 Å². The number of carbonyl (C=O) groups is 1. The lowest BCUT2D eigenvalue weighted by Gasteiger charge is -2.23. The number of likely N-dealkylation sites (N-methyl/N-ethyl adjacent to an activating group) is 1. The van der Waals surface area contributed by atoms with Gasteiger partial charge < -0.3 is 9.64 Å². The van der Waals surface area contributed by atoms with Crippen molar-refractivity contribution in [3.05, 3.63) is 90.2 Å². The van der Waals surface area contributed by atoms with E-state index in [0.717, 1.165) is 0 Å². The zero-order valence-electron chi connectivity index (χ0n) is 17.9. The first kappa shape index (κ1) is 23.3. The first-order chi connectivity index (χ1) is 15.3. The van der Waals surface area contributed by atoms with Gasteiger partial charge >= 0.3 is 0 Å². The average molecular weight is 457 g/mol. The fraction of sp³-hybridized carbons (Fsp3) is 0.208. The molecule has 0 aliphatic rings. The molecule has 1 amide bonds. The minimum Gasteiger partial charge on any atom is -0.489 e. The van der Waals surface area contributed by atoms with Crippen LogP contribution in [0.1, 0.15) is 17.3 Å². The first-order valence-electron chi connectivity index (χ1n) is 10.1. The van der Waals surface area contributed by atoms with E-state index >= 15 is 0 Å². The quantitative estimate of drug-likeness (QED) is 0.484. The van der Waals surface area contributed by atoms with Crippen LogP contribution in [0.5, 0.6) is 5.75 Å². The van der Waals surface area contributed by atoms with Gasteiger partial charge in [0, 0.05) is 19.2 Å². The molecule has 0 aromatic heterocycles. The number of nitrogens with zero attached hydrogens (tertiary/aromatic N) is 2. The SMILES string of the molecule is CCN(c1ccccc1)S(=O)(=O)c1cccc(C(=O)N(C)CCOc2ccccc2F)c1. The molecule has 0 spiro atoms. The minimum atomic E-state index is -3.85. The van der Waals surface area contributed by atoms with E-state index in [1.54, 1.807) is 62.5 Å². The van der Waals surface area contributed by atoms with Gasteiger partial charge in [-0.2, -0.15) is 0 Å². The Labute approximate surface area is 187 Å². The summed E-state index contributed by atoms with van der Waals surface area (Å²) in [7, 11) is -2.27. The lowest BCUT2D eigenvalue weighted by molar-refractivity contribution is 0.0772. The summed E-state index contributed by atoms with van der Waals surface area (Å²) < 4.78 is 46.8. The second kappa shape index (κ2) is 10.3. The Morgan fingerprint density at radius 3 is 2.34 bits per heavy atom. The van der Waals surface area contributed by atoms with Crippen molar-refractivity contribution < 1.29 is 22.3 Å². The van der Waals surface area contributed by atoms with Crippen LogP contribution < -0.4 is 9.04 Å². The Balaban J connectivity index is 1.73. The van der Waals surface area contributed by atoms with Crippen LogP contribution >= 0.6 is 0 Å². The van der Waals surface area contributed by atoms with Crippen LogP contribution in [0, 0.1) is 5.82 Å². The molecule has 0 unspecified atom stereocenters. The fourth-order valence-electron chi connectivity index (χ4n) is 3.18. The predicted molar refractivity (Wildman–Crippen MR) is 122 cm³/mol. The van der Waals surface area contributed by atoms with E-state index in [1.165, 1.54) is 33.5 Å². The molecule has 0 fully saturated rings. The van der Waals surface area contributed by atoms with Crippen LogP contribution in [0.3, 0.4) is 0 Å². The molecule has 0 saturated carbocycles. The van der Waals surface area contributed by atoms with Gasteiger partial charge in [-0.3, -0.25) is 9.10 Å². The van der Waals surface area contributed by atoms with Crippen molar-refractivity contribution in [2.24, 2.45) is 0 Å². The monoisotopic (exact) mass is 456 g/mol. The van der Waals surface area contributed by atoms with Gasteiger partial charge in [0.1, 0.15) is 6.61 Å². The number of halogens is 1. The molecule has 0 heterocycles. The molecule has 0 bridgehead atoms. The Kier molecular flexibility index (Phi) is 7.48. The summed E-state index contributed by atoms with van der Waals surface area (Å²) in [6.45, 7) is 2.30. The molecule has 6 nitrogen and oxygen atoms in total. The summed E-state index contributed by atoms with van der Waals surface area (Å²) in [5.74, 6) is -0.720. The number of carbonyl (C=O) groups excluding carboxylic acids is 1. The number of para-hydroxylation sites is 2. The van der Waals surface area contributed by atoms with E-state index in [9.17, 15) is 17.6 Å². The van der Waals surface area contributed by atoms with Gasteiger partial charge in [0.05, 0.1) is 17.1 Å². The fourth-order valence-corrected chi connectivity index (χ4v) is 4.70. The van der Waals surface area contributed by atoms with Gasteiger partial charge in [-0.1, -0.05) is 36.4 Å². The number of rotatable bonds is 9. The van der Waals surface area contributed by atoms with E-state index in [1.807, 2.05) is 6.07 Å². The molecule has 0 N–H and O–H groups in total. The van der Waals surface area contributed by atoms with Crippen LogP contribution in [0.4, 0.5) is 10.1 Å². The molecule has 0 aliphatic carbocycles. The average Bonchev–Trinajstić information content (AvgIpc) is 2.81. The molecule has 3 aromatic carbocycles. The molecule has 168 valence electrons. The summed E-state index contributed by atoms with van der Waals surface area (Å²) in [4.78, 5) is 14.3. The van der Waals surface area contributed by atoms with Crippen molar-refractivity contribution in [2.75, 3.05) is 31.0 Å². The predicted octanol–water partition coefficient (Wildman–Crippen LogP) is 4.19. The maximum atomic E-state index is 13.6. The maximum Gasteiger partial charge on any atom is 0.264 e. The van der Waals surface area contributed by atoms with Gasteiger partial charge in [-0.05, 0) is 49.4 Å². The van der Waals surface area contributed by atoms with Crippen molar-refractivity contribution >= 4 is 21.6 Å².